The minimum absolute atomic E-state index is 0.0255. The van der Waals surface area contributed by atoms with Crippen molar-refractivity contribution in [3.05, 3.63) is 130 Å². The minimum Gasteiger partial charge on any atom is -0.477 e. The molecule has 6 amide bonds. The average Bonchev–Trinajstić information content (AvgIpc) is 3.89. The topological polar surface area (TPSA) is 366 Å². The molecule has 75 heavy (non-hydrogen) atoms. The number of ether oxygens (including phenoxy) is 3. The average molecular weight is 1060 g/mol. The number of nitro groups is 3. The third kappa shape index (κ3) is 12.6. The zero-order valence-electron chi connectivity index (χ0n) is 40.0. The van der Waals surface area contributed by atoms with E-state index in [2.05, 4.69) is 15.6 Å². The monoisotopic (exact) mass is 1060 g/mol. The molecule has 6 atom stereocenters. The molecule has 3 aromatic carbocycles. The number of likely N-dealkylation sites (tertiary alicyclic amines) is 2. The number of carbonyl (C=O) groups excluding carboxylic acids is 6. The lowest BCUT2D eigenvalue weighted by Gasteiger charge is -2.46. The van der Waals surface area contributed by atoms with E-state index in [1.807, 2.05) is 0 Å². The summed E-state index contributed by atoms with van der Waals surface area (Å²) in [5.41, 5.74) is 0.341. The summed E-state index contributed by atoms with van der Waals surface area (Å²) in [5, 5.41) is 58.2. The molecule has 0 spiro atoms. The number of aliphatic imine (C=N–C) groups is 1. The van der Waals surface area contributed by atoms with Crippen LogP contribution in [0.5, 0.6) is 0 Å². The van der Waals surface area contributed by atoms with E-state index < -0.39 is 111 Å². The maximum Gasteiger partial charge on any atom is 0.437 e. The molecule has 0 aromatic heterocycles. The van der Waals surface area contributed by atoms with Crippen molar-refractivity contribution in [2.45, 2.75) is 69.6 Å². The number of benzene rings is 3. The van der Waals surface area contributed by atoms with Crippen molar-refractivity contribution < 1.29 is 72.8 Å². The number of fused-ring (bicyclic) bond motifs is 1. The third-order valence-electron chi connectivity index (χ3n) is 12.6. The molecule has 4 aliphatic heterocycles. The molecule has 0 saturated carbocycles. The zero-order valence-corrected chi connectivity index (χ0v) is 40.9. The lowest BCUT2D eigenvalue weighted by Crippen LogP contribution is -2.64. The Balaban J connectivity index is 0.992. The number of aliphatic hydroxyl groups is 1. The number of carboxylic acid groups (broad SMARTS) is 1. The van der Waals surface area contributed by atoms with E-state index in [-0.39, 0.29) is 68.6 Å². The van der Waals surface area contributed by atoms with Crippen molar-refractivity contribution in [1.82, 2.24) is 30.2 Å². The number of likely N-dealkylation sites (N-methyl/N-ethyl adjacent to an activating group) is 1. The number of β-lactam (4-membered cyclic amide) rings is 1. The normalized spacial score (nSPS) is 20.5. The fourth-order valence-electron chi connectivity index (χ4n) is 8.82. The lowest BCUT2D eigenvalue weighted by atomic mass is 9.79. The Morgan fingerprint density at radius 1 is 0.813 bits per heavy atom. The minimum atomic E-state index is -1.35. The molecule has 28 nitrogen and oxygen atoms in total. The highest BCUT2D eigenvalue weighted by atomic mass is 32.2. The number of rotatable bonds is 17. The summed E-state index contributed by atoms with van der Waals surface area (Å²) in [5.74, 6) is -4.89. The molecule has 0 radical (unpaired) electrons. The number of alkyl carbamates (subject to hydrolysis) is 1. The molecule has 0 bridgehead atoms. The summed E-state index contributed by atoms with van der Waals surface area (Å²) in [6.45, 7) is 1.47. The Hall–Kier alpha value is -8.73. The third-order valence-corrected chi connectivity index (χ3v) is 14.1. The van der Waals surface area contributed by atoms with Crippen LogP contribution in [-0.2, 0) is 53.2 Å². The van der Waals surface area contributed by atoms with E-state index in [9.17, 15) is 74.1 Å². The Labute approximate surface area is 428 Å². The molecule has 4 aliphatic rings. The Kier molecular flexibility index (Phi) is 16.6. The highest BCUT2D eigenvalue weighted by Gasteiger charge is 2.60. The summed E-state index contributed by atoms with van der Waals surface area (Å²) in [4.78, 5) is 133. The molecular formula is C46H48N10O18S. The maximum atomic E-state index is 14.2. The SMILES string of the molecule is C[C@@H](O)[C@H]1C(=O)N2C(C(=O)O)=C(S[C@H]3C[C@@H](C(=O)N4CC(NC(=O)CN(C)C(=NC(=O)OCc5ccc([N+](=O)[O-])cc5)NC(=O)OCc5ccc([N+](=O)[O-])cc5)C4)N(C(=O)OCc4ccc([N+](=O)[O-])cc4)C3)[C@H](C)[C@H]12. The summed E-state index contributed by atoms with van der Waals surface area (Å²) in [7, 11) is 1.30. The number of amides is 6. The second-order valence-electron chi connectivity index (χ2n) is 17.8. The molecule has 0 unspecified atom stereocenters. The molecule has 3 saturated heterocycles. The molecule has 4 N–H and O–H groups in total. The number of guanidine groups is 1. The van der Waals surface area contributed by atoms with E-state index >= 15 is 0 Å². The molecule has 0 aliphatic carbocycles. The first-order chi connectivity index (χ1) is 35.6. The van der Waals surface area contributed by atoms with Gasteiger partial charge in [0.05, 0.1) is 45.4 Å². The maximum absolute atomic E-state index is 14.2. The number of nitrogens with zero attached hydrogens (tertiary/aromatic N) is 8. The van der Waals surface area contributed by atoms with Gasteiger partial charge in [0.25, 0.3) is 17.1 Å². The molecule has 29 heteroatoms. The van der Waals surface area contributed by atoms with Gasteiger partial charge < -0.3 is 44.4 Å². The van der Waals surface area contributed by atoms with E-state index in [1.54, 1.807) is 6.92 Å². The number of hydrogen-bond donors (Lipinski definition) is 4. The van der Waals surface area contributed by atoms with E-state index in [0.29, 0.717) is 21.6 Å². The van der Waals surface area contributed by atoms with Crippen LogP contribution in [0.25, 0.3) is 0 Å². The Morgan fingerprint density at radius 2 is 1.32 bits per heavy atom. The second kappa shape index (κ2) is 23.0. The van der Waals surface area contributed by atoms with Gasteiger partial charge in [-0.2, -0.15) is 0 Å². The number of carboxylic acids is 1. The van der Waals surface area contributed by atoms with Gasteiger partial charge >= 0.3 is 24.2 Å². The van der Waals surface area contributed by atoms with Gasteiger partial charge in [0.1, 0.15) is 31.6 Å². The highest BCUT2D eigenvalue weighted by Crippen LogP contribution is 2.52. The fraction of sp³-hybridized carbons (Fsp3) is 0.391. The summed E-state index contributed by atoms with van der Waals surface area (Å²) in [6, 6.07) is 13.2. The lowest BCUT2D eigenvalue weighted by molar-refractivity contribution is -0.385. The van der Waals surface area contributed by atoms with Crippen molar-refractivity contribution >= 4 is 76.8 Å². The first kappa shape index (κ1) is 54.1. The van der Waals surface area contributed by atoms with Gasteiger partial charge in [-0.05, 0) is 66.4 Å². The van der Waals surface area contributed by atoms with Gasteiger partial charge in [0.2, 0.25) is 23.7 Å². The van der Waals surface area contributed by atoms with E-state index in [0.717, 1.165) is 16.7 Å². The van der Waals surface area contributed by atoms with Crippen LogP contribution >= 0.6 is 11.8 Å². The van der Waals surface area contributed by atoms with Crippen molar-refractivity contribution in [3.63, 3.8) is 0 Å². The predicted molar refractivity (Wildman–Crippen MR) is 258 cm³/mol. The molecule has 396 valence electrons. The zero-order chi connectivity index (χ0) is 54.4. The molecule has 7 rings (SSSR count). The number of aliphatic carboxylic acids is 1. The fourth-order valence-corrected chi connectivity index (χ4v) is 10.3. The highest BCUT2D eigenvalue weighted by molar-refractivity contribution is 8.03. The predicted octanol–water partition coefficient (Wildman–Crippen LogP) is 3.26. The Morgan fingerprint density at radius 3 is 1.81 bits per heavy atom. The smallest absolute Gasteiger partial charge is 0.437 e. The number of nitro benzene ring substituents is 3. The van der Waals surface area contributed by atoms with Crippen LogP contribution in [0, 0.1) is 42.2 Å². The van der Waals surface area contributed by atoms with E-state index in [4.69, 9.17) is 14.2 Å². The quantitative estimate of drug-likeness (QED) is 0.0376. The van der Waals surface area contributed by atoms with Gasteiger partial charge in [0, 0.05) is 79.2 Å². The number of hydrogen-bond acceptors (Lipinski definition) is 18. The van der Waals surface area contributed by atoms with Gasteiger partial charge in [-0.3, -0.25) is 54.9 Å². The van der Waals surface area contributed by atoms with Crippen molar-refractivity contribution in [3.8, 4) is 0 Å². The first-order valence-electron chi connectivity index (χ1n) is 22.9. The van der Waals surface area contributed by atoms with Gasteiger partial charge in [-0.25, -0.2) is 19.2 Å². The van der Waals surface area contributed by atoms with Crippen LogP contribution < -0.4 is 10.6 Å². The number of non-ortho nitro benzene ring substituents is 3. The second-order valence-corrected chi connectivity index (χ2v) is 19.1. The van der Waals surface area contributed by atoms with Crippen molar-refractivity contribution in [1.29, 1.82) is 0 Å². The molecule has 4 heterocycles. The summed E-state index contributed by atoms with van der Waals surface area (Å²) < 4.78 is 15.9. The molecule has 3 aromatic rings. The van der Waals surface area contributed by atoms with Gasteiger partial charge in [0.15, 0.2) is 0 Å². The van der Waals surface area contributed by atoms with Gasteiger partial charge in [-0.15, -0.1) is 16.8 Å². The Bertz CT molecular complexity index is 2840. The van der Waals surface area contributed by atoms with Crippen LogP contribution in [0.2, 0.25) is 0 Å². The number of thioether (sulfide) groups is 1. The van der Waals surface area contributed by atoms with Crippen LogP contribution in [0.15, 0.2) is 88.4 Å². The van der Waals surface area contributed by atoms with Crippen molar-refractivity contribution in [2.24, 2.45) is 16.8 Å². The van der Waals surface area contributed by atoms with Crippen LogP contribution in [0.1, 0.15) is 37.0 Å². The van der Waals surface area contributed by atoms with Crippen molar-refractivity contribution in [2.75, 3.05) is 33.2 Å². The molecular weight excluding hydrogens is 1010 g/mol. The summed E-state index contributed by atoms with van der Waals surface area (Å²) >= 11 is 1.11. The standard InChI is InChI=1S/C46H48N10O18S/c1-24-37-36(25(2)57)41(60)53(37)38(42(61)62)39(24)75-33-16-34(52(19-33)46(65)74-23-28-8-14-32(15-9-28)56(70)71)40(59)51-17-29(18-51)47-35(58)20-50(3)43(48-44(63)72-21-26-4-10-30(11-5-26)54(66)67)49-45(64)73-22-27-6-12-31(13-7-27)55(68)69/h4-15,24-25,29,33-34,36-37,57H,16-23H2,1-3H3,(H,47,58)(H,61,62)(H,48,49,63,64)/t24-,25-,33+,34+,36-,37-/m1/s1. The van der Waals surface area contributed by atoms with Crippen LogP contribution in [-0.4, -0.2) is 155 Å². The number of nitrogens with one attached hydrogen (secondary N) is 2. The largest absolute Gasteiger partial charge is 0.477 e. The first-order valence-corrected chi connectivity index (χ1v) is 23.7. The van der Waals surface area contributed by atoms with Crippen LogP contribution in [0.3, 0.4) is 0 Å². The molecule has 3 fully saturated rings. The summed E-state index contributed by atoms with van der Waals surface area (Å²) in [6.07, 6.45) is -4.30. The van der Waals surface area contributed by atoms with E-state index in [1.165, 1.54) is 101 Å². The van der Waals surface area contributed by atoms with Gasteiger partial charge in [-0.1, -0.05) is 6.92 Å². The number of aliphatic hydroxyl groups excluding tert-OH is 1. The number of carbonyl (C=O) groups is 7. The van der Waals surface area contributed by atoms with Crippen LogP contribution in [0.4, 0.5) is 31.4 Å².